The van der Waals surface area contributed by atoms with Crippen LogP contribution in [0.4, 0.5) is 0 Å². The first-order valence-corrected chi connectivity index (χ1v) is 12.3. The number of rotatable bonds is 9. The number of benzene rings is 1. The van der Waals surface area contributed by atoms with Gasteiger partial charge >= 0.3 is 5.97 Å². The Balaban J connectivity index is 1.13. The number of carbonyl (C=O) groups is 1. The van der Waals surface area contributed by atoms with Gasteiger partial charge in [-0.1, -0.05) is 30.3 Å². The summed E-state index contributed by atoms with van der Waals surface area (Å²) in [5.41, 5.74) is 6.10. The van der Waals surface area contributed by atoms with Crippen LogP contribution in [0.25, 0.3) is 0 Å². The van der Waals surface area contributed by atoms with E-state index in [1.165, 1.54) is 54.6 Å². The molecule has 32 heavy (non-hydrogen) atoms. The van der Waals surface area contributed by atoms with E-state index in [9.17, 15) is 9.90 Å². The number of likely N-dealkylation sites (tertiary alicyclic amines) is 1. The lowest BCUT2D eigenvalue weighted by Crippen LogP contribution is -2.34. The molecule has 0 amide bonds. The monoisotopic (exact) mass is 434 g/mol. The number of pyridine rings is 1. The number of aromatic nitrogens is 1. The van der Waals surface area contributed by atoms with Crippen molar-refractivity contribution in [3.63, 3.8) is 0 Å². The molecule has 2 atom stereocenters. The van der Waals surface area contributed by atoms with E-state index >= 15 is 0 Å². The Labute approximate surface area is 190 Å². The maximum Gasteiger partial charge on any atom is 0.325 e. The highest BCUT2D eigenvalue weighted by molar-refractivity contribution is 5.76. The standard InChI is InChI=1S/C27H34N2O3/c30-27(31)26(24-9-3-2-8-23(24)19-11-12-19)29-16-15-22(18-29)32-17-5-7-21-14-13-20-6-1-4-10-25(20)28-21/h2-3,8-9,13-14,19,22,26H,1,4-7,10-12,15-18H2,(H,30,31)/t22-,26+/m1/s1. The highest BCUT2D eigenvalue weighted by Crippen LogP contribution is 2.44. The second-order valence-electron chi connectivity index (χ2n) is 9.64. The topological polar surface area (TPSA) is 62.7 Å². The largest absolute Gasteiger partial charge is 0.480 e. The number of ether oxygens (including phenoxy) is 1. The molecule has 2 heterocycles. The Morgan fingerprint density at radius 2 is 1.97 bits per heavy atom. The second-order valence-corrected chi connectivity index (χ2v) is 9.64. The summed E-state index contributed by atoms with van der Waals surface area (Å²) in [6.07, 6.45) is 10.1. The number of fused-ring (bicyclic) bond motifs is 1. The average Bonchev–Trinajstić information content (AvgIpc) is 3.56. The van der Waals surface area contributed by atoms with E-state index in [0.717, 1.165) is 37.8 Å². The lowest BCUT2D eigenvalue weighted by Gasteiger charge is -2.26. The molecule has 0 unspecified atom stereocenters. The fourth-order valence-electron chi connectivity index (χ4n) is 5.41. The van der Waals surface area contributed by atoms with Gasteiger partial charge in [-0.05, 0) is 86.5 Å². The molecule has 1 saturated carbocycles. The summed E-state index contributed by atoms with van der Waals surface area (Å²) in [7, 11) is 0. The Hall–Kier alpha value is -2.24. The zero-order valence-electron chi connectivity index (χ0n) is 18.8. The van der Waals surface area contributed by atoms with Crippen LogP contribution in [0.3, 0.4) is 0 Å². The molecular weight excluding hydrogens is 400 g/mol. The van der Waals surface area contributed by atoms with Gasteiger partial charge in [0.15, 0.2) is 0 Å². The number of carboxylic acids is 1. The van der Waals surface area contributed by atoms with Crippen LogP contribution >= 0.6 is 0 Å². The van der Waals surface area contributed by atoms with Crippen molar-refractivity contribution in [1.82, 2.24) is 9.88 Å². The molecule has 1 saturated heterocycles. The maximum absolute atomic E-state index is 12.2. The summed E-state index contributed by atoms with van der Waals surface area (Å²) in [5.74, 6) is -0.211. The molecule has 2 fully saturated rings. The van der Waals surface area contributed by atoms with Crippen LogP contribution in [0.1, 0.15) is 78.6 Å². The molecule has 5 rings (SSSR count). The fourth-order valence-corrected chi connectivity index (χ4v) is 5.41. The van der Waals surface area contributed by atoms with Crippen LogP contribution in [-0.4, -0.2) is 46.8 Å². The van der Waals surface area contributed by atoms with Crippen LogP contribution in [0, 0.1) is 0 Å². The molecule has 2 aromatic rings. The summed E-state index contributed by atoms with van der Waals surface area (Å²) in [4.78, 5) is 19.2. The van der Waals surface area contributed by atoms with Crippen molar-refractivity contribution in [3.05, 3.63) is 64.5 Å². The van der Waals surface area contributed by atoms with Crippen LogP contribution in [-0.2, 0) is 28.8 Å². The molecule has 3 aliphatic rings. The summed E-state index contributed by atoms with van der Waals surface area (Å²) in [5, 5.41) is 10.0. The van der Waals surface area contributed by atoms with E-state index in [4.69, 9.17) is 9.72 Å². The van der Waals surface area contributed by atoms with Crippen molar-refractivity contribution in [2.45, 2.75) is 75.9 Å². The Bertz CT molecular complexity index is 956. The molecular formula is C27H34N2O3. The number of hydrogen-bond acceptors (Lipinski definition) is 4. The molecule has 0 bridgehead atoms. The molecule has 1 aliphatic heterocycles. The van der Waals surface area contributed by atoms with Crippen molar-refractivity contribution < 1.29 is 14.6 Å². The van der Waals surface area contributed by atoms with Gasteiger partial charge in [0.2, 0.25) is 0 Å². The van der Waals surface area contributed by atoms with Crippen LogP contribution in [0.15, 0.2) is 36.4 Å². The van der Waals surface area contributed by atoms with E-state index in [2.05, 4.69) is 23.1 Å². The minimum absolute atomic E-state index is 0.112. The first kappa shape index (κ1) is 21.6. The Morgan fingerprint density at radius 1 is 1.12 bits per heavy atom. The van der Waals surface area contributed by atoms with Gasteiger partial charge in [0, 0.05) is 31.1 Å². The summed E-state index contributed by atoms with van der Waals surface area (Å²) >= 11 is 0. The first-order valence-electron chi connectivity index (χ1n) is 12.3. The normalized spacial score (nSPS) is 21.9. The molecule has 5 nitrogen and oxygen atoms in total. The number of hydrogen-bond donors (Lipinski definition) is 1. The third kappa shape index (κ3) is 4.89. The summed E-state index contributed by atoms with van der Waals surface area (Å²) in [6, 6.07) is 12.0. The van der Waals surface area contributed by atoms with Crippen LogP contribution in [0.5, 0.6) is 0 Å². The second kappa shape index (κ2) is 9.72. The minimum atomic E-state index is -0.753. The van der Waals surface area contributed by atoms with Gasteiger partial charge in [-0.15, -0.1) is 0 Å². The molecule has 1 aromatic carbocycles. The lowest BCUT2D eigenvalue weighted by molar-refractivity contribution is -0.143. The van der Waals surface area contributed by atoms with E-state index in [-0.39, 0.29) is 6.10 Å². The zero-order valence-corrected chi connectivity index (χ0v) is 18.8. The van der Waals surface area contributed by atoms with Crippen molar-refractivity contribution in [3.8, 4) is 0 Å². The molecule has 2 aliphatic carbocycles. The fraction of sp³-hybridized carbons (Fsp3) is 0.556. The number of nitrogens with zero attached hydrogens (tertiary/aromatic N) is 2. The van der Waals surface area contributed by atoms with E-state index in [0.29, 0.717) is 19.1 Å². The predicted octanol–water partition coefficient (Wildman–Crippen LogP) is 4.69. The third-order valence-electron chi connectivity index (χ3n) is 7.25. The van der Waals surface area contributed by atoms with Crippen LogP contribution in [0.2, 0.25) is 0 Å². The zero-order chi connectivity index (χ0) is 21.9. The molecule has 0 spiro atoms. The summed E-state index contributed by atoms with van der Waals surface area (Å²) < 4.78 is 6.16. The van der Waals surface area contributed by atoms with Gasteiger partial charge in [0.05, 0.1) is 6.10 Å². The van der Waals surface area contributed by atoms with Crippen LogP contribution < -0.4 is 0 Å². The SMILES string of the molecule is O=C(O)[C@H](c1ccccc1C1CC1)N1CC[C@@H](OCCCc2ccc3c(n2)CCCC3)C1. The van der Waals surface area contributed by atoms with Gasteiger partial charge in [-0.2, -0.15) is 0 Å². The quantitative estimate of drug-likeness (QED) is 0.580. The van der Waals surface area contributed by atoms with Gasteiger partial charge in [0.25, 0.3) is 0 Å². The molecule has 170 valence electrons. The first-order chi connectivity index (χ1) is 15.7. The van der Waals surface area contributed by atoms with E-state index in [1.807, 2.05) is 18.2 Å². The highest BCUT2D eigenvalue weighted by atomic mass is 16.5. The third-order valence-corrected chi connectivity index (χ3v) is 7.25. The van der Waals surface area contributed by atoms with Gasteiger partial charge in [0.1, 0.15) is 6.04 Å². The van der Waals surface area contributed by atoms with E-state index in [1.54, 1.807) is 0 Å². The minimum Gasteiger partial charge on any atom is -0.480 e. The van der Waals surface area contributed by atoms with E-state index < -0.39 is 12.0 Å². The number of aryl methyl sites for hydroxylation is 3. The average molecular weight is 435 g/mol. The smallest absolute Gasteiger partial charge is 0.325 e. The Kier molecular flexibility index (Phi) is 6.56. The van der Waals surface area contributed by atoms with Crippen molar-refractivity contribution >= 4 is 5.97 Å². The molecule has 1 N–H and O–H groups in total. The molecule has 5 heteroatoms. The number of carboxylic acid groups (broad SMARTS) is 1. The Morgan fingerprint density at radius 3 is 2.81 bits per heavy atom. The van der Waals surface area contributed by atoms with Crippen molar-refractivity contribution in [2.75, 3.05) is 19.7 Å². The molecule has 1 aromatic heterocycles. The summed E-state index contributed by atoms with van der Waals surface area (Å²) in [6.45, 7) is 2.16. The lowest BCUT2D eigenvalue weighted by atomic mass is 9.95. The predicted molar refractivity (Wildman–Crippen MR) is 124 cm³/mol. The molecule has 0 radical (unpaired) electrons. The van der Waals surface area contributed by atoms with Gasteiger partial charge in [-0.25, -0.2) is 0 Å². The van der Waals surface area contributed by atoms with Gasteiger partial charge < -0.3 is 9.84 Å². The highest BCUT2D eigenvalue weighted by Gasteiger charge is 2.37. The maximum atomic E-state index is 12.2. The van der Waals surface area contributed by atoms with Crippen molar-refractivity contribution in [2.24, 2.45) is 0 Å². The van der Waals surface area contributed by atoms with Gasteiger partial charge in [-0.3, -0.25) is 14.7 Å². The number of aliphatic carboxylic acids is 1. The van der Waals surface area contributed by atoms with Crippen molar-refractivity contribution in [1.29, 1.82) is 0 Å².